The van der Waals surface area contributed by atoms with Crippen LogP contribution in [0.4, 0.5) is 0 Å². The Hall–Kier alpha value is -0.850. The van der Waals surface area contributed by atoms with Gasteiger partial charge in [-0.1, -0.05) is 33.1 Å². The van der Waals surface area contributed by atoms with Crippen LogP contribution in [0, 0.1) is 5.92 Å². The van der Waals surface area contributed by atoms with Crippen LogP contribution in [0.15, 0.2) is 24.5 Å². The summed E-state index contributed by atoms with van der Waals surface area (Å²) in [5, 5.41) is 0. The van der Waals surface area contributed by atoms with Gasteiger partial charge in [0.2, 0.25) is 0 Å². The van der Waals surface area contributed by atoms with Gasteiger partial charge in [0.25, 0.3) is 0 Å². The van der Waals surface area contributed by atoms with Gasteiger partial charge in [-0.25, -0.2) is 0 Å². The molecule has 72 valence electrons. The largest absolute Gasteiger partial charge is 0.265 e. The molecule has 0 bridgehead atoms. The summed E-state index contributed by atoms with van der Waals surface area (Å²) in [6, 6.07) is 4.23. The molecule has 0 radical (unpaired) electrons. The quantitative estimate of drug-likeness (QED) is 0.671. The molecule has 0 spiro atoms. The van der Waals surface area contributed by atoms with Crippen LogP contribution in [0.2, 0.25) is 0 Å². The topological polar surface area (TPSA) is 12.9 Å². The molecule has 1 heteroatoms. The Morgan fingerprint density at radius 1 is 1.31 bits per heavy atom. The van der Waals surface area contributed by atoms with Gasteiger partial charge in [-0.15, -0.1) is 0 Å². The van der Waals surface area contributed by atoms with Crippen LogP contribution in [-0.4, -0.2) is 4.98 Å². The van der Waals surface area contributed by atoms with E-state index in [0.29, 0.717) is 0 Å². The number of hydrogen-bond donors (Lipinski definition) is 0. The van der Waals surface area contributed by atoms with Gasteiger partial charge in [0.05, 0.1) is 0 Å². The van der Waals surface area contributed by atoms with Crippen molar-refractivity contribution < 1.29 is 0 Å². The predicted molar refractivity (Wildman–Crippen MR) is 56.6 cm³/mol. The number of nitrogens with zero attached hydrogens (tertiary/aromatic N) is 1. The van der Waals surface area contributed by atoms with E-state index in [4.69, 9.17) is 0 Å². The van der Waals surface area contributed by atoms with E-state index in [1.807, 2.05) is 12.4 Å². The first-order valence-corrected chi connectivity index (χ1v) is 5.21. The number of hydrogen-bond acceptors (Lipinski definition) is 1. The van der Waals surface area contributed by atoms with Gasteiger partial charge >= 0.3 is 0 Å². The fourth-order valence-electron chi connectivity index (χ4n) is 1.58. The molecule has 0 fully saturated rings. The summed E-state index contributed by atoms with van der Waals surface area (Å²) in [5.74, 6) is 0.808. The molecule has 1 rings (SSSR count). The zero-order valence-electron chi connectivity index (χ0n) is 8.66. The second-order valence-electron chi connectivity index (χ2n) is 3.81. The molecule has 1 unspecified atom stereocenters. The fraction of sp³-hybridized carbons (Fsp3) is 0.583. The smallest absolute Gasteiger partial charge is 0.0270 e. The van der Waals surface area contributed by atoms with Crippen LogP contribution >= 0.6 is 0 Å². The third kappa shape index (κ3) is 4.07. The molecule has 0 aliphatic rings. The summed E-state index contributed by atoms with van der Waals surface area (Å²) in [5.41, 5.74) is 1.42. The molecule has 1 atom stereocenters. The zero-order valence-corrected chi connectivity index (χ0v) is 8.66. The molecule has 1 heterocycles. The maximum absolute atomic E-state index is 4.01. The first-order chi connectivity index (χ1) is 6.33. The molecular weight excluding hydrogens is 158 g/mol. The molecule has 1 nitrogen and oxygen atoms in total. The van der Waals surface area contributed by atoms with E-state index in [0.717, 1.165) is 5.92 Å². The lowest BCUT2D eigenvalue weighted by Gasteiger charge is -2.09. The molecule has 0 N–H and O–H groups in total. The van der Waals surface area contributed by atoms with Gasteiger partial charge in [0.1, 0.15) is 0 Å². The zero-order chi connectivity index (χ0) is 9.52. The molecular formula is C12H19N. The maximum atomic E-state index is 4.01. The highest BCUT2D eigenvalue weighted by Crippen LogP contribution is 2.13. The van der Waals surface area contributed by atoms with E-state index in [2.05, 4.69) is 31.0 Å². The Balaban J connectivity index is 2.32. The molecule has 0 aliphatic heterocycles. The van der Waals surface area contributed by atoms with E-state index in [9.17, 15) is 0 Å². The second-order valence-corrected chi connectivity index (χ2v) is 3.81. The Morgan fingerprint density at radius 2 is 2.00 bits per heavy atom. The lowest BCUT2D eigenvalue weighted by Crippen LogP contribution is -1.99. The molecule has 0 aromatic carbocycles. The highest BCUT2D eigenvalue weighted by molar-refractivity contribution is 5.10. The second kappa shape index (κ2) is 5.74. The monoisotopic (exact) mass is 177 g/mol. The van der Waals surface area contributed by atoms with E-state index in [1.54, 1.807) is 0 Å². The Kier molecular flexibility index (Phi) is 4.52. The Labute approximate surface area is 81.2 Å². The van der Waals surface area contributed by atoms with Crippen LogP contribution in [-0.2, 0) is 6.42 Å². The van der Waals surface area contributed by atoms with Crippen LogP contribution in [0.1, 0.15) is 38.7 Å². The van der Waals surface area contributed by atoms with Crippen molar-refractivity contribution in [2.45, 2.75) is 39.5 Å². The van der Waals surface area contributed by atoms with E-state index >= 15 is 0 Å². The summed E-state index contributed by atoms with van der Waals surface area (Å²) in [6.45, 7) is 4.58. The molecule has 1 aromatic rings. The highest BCUT2D eigenvalue weighted by atomic mass is 14.6. The van der Waals surface area contributed by atoms with Gasteiger partial charge in [-0.2, -0.15) is 0 Å². The summed E-state index contributed by atoms with van der Waals surface area (Å²) in [6.07, 6.45) is 8.96. The highest BCUT2D eigenvalue weighted by Gasteiger charge is 2.02. The lowest BCUT2D eigenvalue weighted by atomic mass is 9.97. The summed E-state index contributed by atoms with van der Waals surface area (Å²) < 4.78 is 0. The molecule has 0 saturated carbocycles. The van der Waals surface area contributed by atoms with Crippen LogP contribution < -0.4 is 0 Å². The first kappa shape index (κ1) is 10.2. The minimum Gasteiger partial charge on any atom is -0.265 e. The van der Waals surface area contributed by atoms with Gasteiger partial charge < -0.3 is 0 Å². The Morgan fingerprint density at radius 3 is 2.62 bits per heavy atom. The van der Waals surface area contributed by atoms with Crippen molar-refractivity contribution >= 4 is 0 Å². The van der Waals surface area contributed by atoms with E-state index in [1.165, 1.54) is 31.2 Å². The van der Waals surface area contributed by atoms with Crippen molar-refractivity contribution in [3.8, 4) is 0 Å². The molecule has 0 amide bonds. The van der Waals surface area contributed by atoms with Crippen molar-refractivity contribution in [3.05, 3.63) is 30.1 Å². The van der Waals surface area contributed by atoms with Crippen LogP contribution in [0.3, 0.4) is 0 Å². The first-order valence-electron chi connectivity index (χ1n) is 5.21. The van der Waals surface area contributed by atoms with Crippen molar-refractivity contribution in [2.75, 3.05) is 0 Å². The van der Waals surface area contributed by atoms with Crippen molar-refractivity contribution in [1.29, 1.82) is 0 Å². The summed E-state index contributed by atoms with van der Waals surface area (Å²) in [4.78, 5) is 4.01. The number of aromatic nitrogens is 1. The molecule has 13 heavy (non-hydrogen) atoms. The van der Waals surface area contributed by atoms with E-state index in [-0.39, 0.29) is 0 Å². The van der Waals surface area contributed by atoms with Crippen molar-refractivity contribution in [2.24, 2.45) is 5.92 Å². The third-order valence-electron chi connectivity index (χ3n) is 2.38. The average Bonchev–Trinajstić information content (AvgIpc) is 2.16. The van der Waals surface area contributed by atoms with Gasteiger partial charge in [-0.05, 0) is 30.0 Å². The standard InChI is InChI=1S/C12H19N/c1-3-4-5-11(2)10-12-6-8-13-9-7-12/h6-9,11H,3-5,10H2,1-2H3. The van der Waals surface area contributed by atoms with Gasteiger partial charge in [0, 0.05) is 12.4 Å². The van der Waals surface area contributed by atoms with Crippen LogP contribution in [0.5, 0.6) is 0 Å². The average molecular weight is 177 g/mol. The number of unbranched alkanes of at least 4 members (excludes halogenated alkanes) is 1. The van der Waals surface area contributed by atoms with Gasteiger partial charge in [0.15, 0.2) is 0 Å². The lowest BCUT2D eigenvalue weighted by molar-refractivity contribution is 0.503. The Bertz CT molecular complexity index is 218. The number of pyridine rings is 1. The predicted octanol–water partition coefficient (Wildman–Crippen LogP) is 3.45. The third-order valence-corrected chi connectivity index (χ3v) is 2.38. The SMILES string of the molecule is CCCCC(C)Cc1ccncc1. The van der Waals surface area contributed by atoms with Crippen molar-refractivity contribution in [3.63, 3.8) is 0 Å². The fourth-order valence-corrected chi connectivity index (χ4v) is 1.58. The molecule has 0 saturated heterocycles. The van der Waals surface area contributed by atoms with Gasteiger partial charge in [-0.3, -0.25) is 4.98 Å². The molecule has 0 aliphatic carbocycles. The van der Waals surface area contributed by atoms with Crippen LogP contribution in [0.25, 0.3) is 0 Å². The minimum absolute atomic E-state index is 0.808. The molecule has 1 aromatic heterocycles. The summed E-state index contributed by atoms with van der Waals surface area (Å²) in [7, 11) is 0. The normalized spacial score (nSPS) is 12.8. The van der Waals surface area contributed by atoms with Crippen molar-refractivity contribution in [1.82, 2.24) is 4.98 Å². The summed E-state index contributed by atoms with van der Waals surface area (Å²) >= 11 is 0. The maximum Gasteiger partial charge on any atom is 0.0270 e. The van der Waals surface area contributed by atoms with E-state index < -0.39 is 0 Å². The number of rotatable bonds is 5. The minimum atomic E-state index is 0.808.